The first kappa shape index (κ1) is 15.8. The Balaban J connectivity index is 2.36. The summed E-state index contributed by atoms with van der Waals surface area (Å²) in [5.74, 6) is 0. The lowest BCUT2D eigenvalue weighted by molar-refractivity contribution is -0.380. The highest BCUT2D eigenvalue weighted by Crippen LogP contribution is 2.24. The summed E-state index contributed by atoms with van der Waals surface area (Å²) in [6.07, 6.45) is 2.98. The molecule has 19 heavy (non-hydrogen) atoms. The van der Waals surface area contributed by atoms with Gasteiger partial charge in [0.2, 0.25) is 10.0 Å². The van der Waals surface area contributed by atoms with E-state index >= 15 is 0 Å². The molecule has 1 aromatic heterocycles. The van der Waals surface area contributed by atoms with E-state index in [2.05, 4.69) is 10.3 Å². The number of hydrogen-bond donors (Lipinski definition) is 1. The summed E-state index contributed by atoms with van der Waals surface area (Å²) < 4.78 is 24.0. The minimum atomic E-state index is -3.16. The van der Waals surface area contributed by atoms with Crippen LogP contribution in [0.1, 0.15) is 13.3 Å². The minimum absolute atomic E-state index is 0.0196. The fraction of sp³-hybridized carbons (Fsp3) is 0.667. The van der Waals surface area contributed by atoms with Gasteiger partial charge in [0.05, 0.1) is 11.2 Å². The van der Waals surface area contributed by atoms with Gasteiger partial charge >= 0.3 is 5.00 Å². The summed E-state index contributed by atoms with van der Waals surface area (Å²) >= 11 is 0.958. The van der Waals surface area contributed by atoms with Crippen LogP contribution >= 0.6 is 11.3 Å². The molecule has 1 rings (SSSR count). The van der Waals surface area contributed by atoms with Crippen molar-refractivity contribution in [1.82, 2.24) is 9.29 Å². The van der Waals surface area contributed by atoms with Gasteiger partial charge < -0.3 is 5.32 Å². The van der Waals surface area contributed by atoms with E-state index in [0.29, 0.717) is 31.2 Å². The van der Waals surface area contributed by atoms with Crippen LogP contribution in [0.3, 0.4) is 0 Å². The maximum atomic E-state index is 11.3. The normalized spacial score (nSPS) is 11.7. The summed E-state index contributed by atoms with van der Waals surface area (Å²) in [5.41, 5.74) is 0. The van der Waals surface area contributed by atoms with Gasteiger partial charge in [0.25, 0.3) is 0 Å². The predicted molar refractivity (Wildman–Crippen MR) is 74.0 cm³/mol. The van der Waals surface area contributed by atoms with Crippen molar-refractivity contribution in [3.63, 3.8) is 0 Å². The maximum absolute atomic E-state index is 11.3. The number of nitro groups is 1. The maximum Gasteiger partial charge on any atom is 0.345 e. The molecule has 0 spiro atoms. The number of nitrogens with one attached hydrogen (secondary N) is 1. The first-order chi connectivity index (χ1) is 8.84. The molecule has 0 amide bonds. The Labute approximate surface area is 115 Å². The molecule has 0 saturated carbocycles. The van der Waals surface area contributed by atoms with Crippen molar-refractivity contribution in [3.8, 4) is 0 Å². The molecule has 0 aliphatic carbocycles. The van der Waals surface area contributed by atoms with Gasteiger partial charge in [-0.25, -0.2) is 17.7 Å². The van der Waals surface area contributed by atoms with E-state index in [1.54, 1.807) is 6.92 Å². The average Bonchev–Trinajstić information content (AvgIpc) is 2.76. The van der Waals surface area contributed by atoms with Crippen LogP contribution in [0, 0.1) is 10.1 Å². The van der Waals surface area contributed by atoms with Crippen molar-refractivity contribution in [1.29, 1.82) is 0 Å². The molecule has 0 saturated heterocycles. The molecule has 8 nitrogen and oxygen atoms in total. The smallest absolute Gasteiger partial charge is 0.345 e. The molecule has 1 aromatic rings. The standard InChI is InChI=1S/C9H16N4O4S2/c1-3-12(19(2,16)17)6-4-5-10-9-11-7-8(18-9)13(14)15/h7H,3-6H2,1-2H3,(H,10,11). The molecule has 108 valence electrons. The molecular weight excluding hydrogens is 292 g/mol. The van der Waals surface area contributed by atoms with Crippen molar-refractivity contribution in [2.75, 3.05) is 31.2 Å². The molecule has 0 bridgehead atoms. The van der Waals surface area contributed by atoms with Gasteiger partial charge in [0.15, 0.2) is 5.13 Å². The quantitative estimate of drug-likeness (QED) is 0.438. The van der Waals surface area contributed by atoms with E-state index in [9.17, 15) is 18.5 Å². The number of thiazole rings is 1. The van der Waals surface area contributed by atoms with E-state index in [1.165, 1.54) is 16.8 Å². The second-order valence-corrected chi connectivity index (χ2v) is 6.79. The van der Waals surface area contributed by atoms with Crippen LogP contribution in [0.2, 0.25) is 0 Å². The summed E-state index contributed by atoms with van der Waals surface area (Å²) in [4.78, 5) is 13.8. The Morgan fingerprint density at radius 2 is 2.26 bits per heavy atom. The Morgan fingerprint density at radius 1 is 1.58 bits per heavy atom. The number of hydrogen-bond acceptors (Lipinski definition) is 7. The molecule has 0 aromatic carbocycles. The van der Waals surface area contributed by atoms with Crippen molar-refractivity contribution < 1.29 is 13.3 Å². The minimum Gasteiger partial charge on any atom is -0.361 e. The fourth-order valence-electron chi connectivity index (χ4n) is 1.44. The number of anilines is 1. The predicted octanol–water partition coefficient (Wildman–Crippen LogP) is 1.13. The van der Waals surface area contributed by atoms with E-state index in [1.807, 2.05) is 0 Å². The third kappa shape index (κ3) is 5.09. The Bertz CT molecular complexity index is 528. The second kappa shape index (κ2) is 6.78. The van der Waals surface area contributed by atoms with Crippen LogP contribution in [0.15, 0.2) is 6.20 Å². The summed E-state index contributed by atoms with van der Waals surface area (Å²) in [6.45, 7) is 3.13. The molecule has 0 aliphatic rings. The second-order valence-electron chi connectivity index (χ2n) is 3.80. The molecule has 10 heteroatoms. The van der Waals surface area contributed by atoms with Crippen molar-refractivity contribution in [2.24, 2.45) is 0 Å². The van der Waals surface area contributed by atoms with Crippen molar-refractivity contribution >= 4 is 31.5 Å². The zero-order valence-electron chi connectivity index (χ0n) is 10.7. The first-order valence-corrected chi connectivity index (χ1v) is 8.30. The number of rotatable bonds is 8. The highest BCUT2D eigenvalue weighted by Gasteiger charge is 2.14. The SMILES string of the molecule is CCN(CCCNc1ncc([N+](=O)[O-])s1)S(C)(=O)=O. The first-order valence-electron chi connectivity index (χ1n) is 5.63. The topological polar surface area (TPSA) is 105 Å². The van der Waals surface area contributed by atoms with E-state index < -0.39 is 14.9 Å². The third-order valence-corrected chi connectivity index (χ3v) is 4.64. The third-order valence-electron chi connectivity index (χ3n) is 2.36. The number of sulfonamides is 1. The van der Waals surface area contributed by atoms with Crippen LogP contribution in [-0.2, 0) is 10.0 Å². The van der Waals surface area contributed by atoms with E-state index in [-0.39, 0.29) is 5.00 Å². The molecule has 1 heterocycles. The van der Waals surface area contributed by atoms with Crippen LogP contribution in [0.5, 0.6) is 0 Å². The summed E-state index contributed by atoms with van der Waals surface area (Å²) in [7, 11) is -3.16. The van der Waals surface area contributed by atoms with E-state index in [0.717, 1.165) is 11.3 Å². The lowest BCUT2D eigenvalue weighted by Gasteiger charge is -2.17. The van der Waals surface area contributed by atoms with Crippen LogP contribution in [0.25, 0.3) is 0 Å². The van der Waals surface area contributed by atoms with Crippen LogP contribution in [0.4, 0.5) is 10.1 Å². The fourth-order valence-corrected chi connectivity index (χ4v) is 3.03. The average molecular weight is 308 g/mol. The Hall–Kier alpha value is -1.26. The van der Waals surface area contributed by atoms with Gasteiger partial charge in [-0.05, 0) is 17.8 Å². The largest absolute Gasteiger partial charge is 0.361 e. The highest BCUT2D eigenvalue weighted by molar-refractivity contribution is 7.88. The zero-order chi connectivity index (χ0) is 14.5. The van der Waals surface area contributed by atoms with Gasteiger partial charge in [-0.3, -0.25) is 10.1 Å². The van der Waals surface area contributed by atoms with Gasteiger partial charge in [-0.15, -0.1) is 0 Å². The van der Waals surface area contributed by atoms with Gasteiger partial charge in [-0.2, -0.15) is 0 Å². The van der Waals surface area contributed by atoms with E-state index in [4.69, 9.17) is 0 Å². The summed E-state index contributed by atoms with van der Waals surface area (Å²) in [5, 5.41) is 13.8. The number of nitrogens with zero attached hydrogens (tertiary/aromatic N) is 3. The lowest BCUT2D eigenvalue weighted by Crippen LogP contribution is -2.31. The van der Waals surface area contributed by atoms with Gasteiger partial charge in [0.1, 0.15) is 6.20 Å². The van der Waals surface area contributed by atoms with Crippen LogP contribution < -0.4 is 5.32 Å². The molecule has 0 fully saturated rings. The Morgan fingerprint density at radius 3 is 2.74 bits per heavy atom. The molecule has 0 atom stereocenters. The zero-order valence-corrected chi connectivity index (χ0v) is 12.3. The highest BCUT2D eigenvalue weighted by atomic mass is 32.2. The van der Waals surface area contributed by atoms with Crippen molar-refractivity contribution in [2.45, 2.75) is 13.3 Å². The summed E-state index contributed by atoms with van der Waals surface area (Å²) in [6, 6.07) is 0. The molecule has 0 radical (unpaired) electrons. The monoisotopic (exact) mass is 308 g/mol. The van der Waals surface area contributed by atoms with Gasteiger partial charge in [0, 0.05) is 19.6 Å². The van der Waals surface area contributed by atoms with Crippen molar-refractivity contribution in [3.05, 3.63) is 16.3 Å². The lowest BCUT2D eigenvalue weighted by atomic mass is 10.4. The molecule has 1 N–H and O–H groups in total. The van der Waals surface area contributed by atoms with Crippen LogP contribution in [-0.4, -0.2) is 48.5 Å². The number of aromatic nitrogens is 1. The molecule has 0 aliphatic heterocycles. The van der Waals surface area contributed by atoms with Gasteiger partial charge in [-0.1, -0.05) is 6.92 Å². The Kier molecular flexibility index (Phi) is 5.63. The molecule has 0 unspecified atom stereocenters. The molecular formula is C9H16N4O4S2.